The molecule has 0 N–H and O–H groups in total. The third kappa shape index (κ3) is 4.78. The number of rotatable bonds is 6. The van der Waals surface area contributed by atoms with Gasteiger partial charge in [-0.15, -0.1) is 0 Å². The van der Waals surface area contributed by atoms with Gasteiger partial charge in [0.1, 0.15) is 0 Å². The van der Waals surface area contributed by atoms with E-state index >= 15 is 0 Å². The van der Waals surface area contributed by atoms with Crippen molar-refractivity contribution in [3.05, 3.63) is 0 Å². The molecule has 3 saturated carbocycles. The molecule has 0 heterocycles. The molecule has 0 unspecified atom stereocenters. The standard InChI is InChI=1S/C23H43P/c1-20(2)16-19-23(17-10-5-11-18-23)24(21-12-6-3-7-13-21)22-14-8-4-9-15-22/h20-22H,3-19H2,1-2H3. The fraction of sp³-hybridized carbons (Fsp3) is 1.00. The minimum Gasteiger partial charge on any atom is -0.0940 e. The lowest BCUT2D eigenvalue weighted by atomic mass is 9.83. The van der Waals surface area contributed by atoms with Crippen molar-refractivity contribution in [3.63, 3.8) is 0 Å². The van der Waals surface area contributed by atoms with E-state index in [1.165, 1.54) is 25.7 Å². The number of hydrogen-bond donors (Lipinski definition) is 0. The lowest BCUT2D eigenvalue weighted by molar-refractivity contribution is 0.335. The predicted molar refractivity (Wildman–Crippen MR) is 111 cm³/mol. The zero-order valence-electron chi connectivity index (χ0n) is 16.7. The van der Waals surface area contributed by atoms with Crippen molar-refractivity contribution in [2.45, 2.75) is 139 Å². The summed E-state index contributed by atoms with van der Waals surface area (Å²) >= 11 is 0. The fourth-order valence-electron chi connectivity index (χ4n) is 6.20. The first-order chi connectivity index (χ1) is 11.7. The summed E-state index contributed by atoms with van der Waals surface area (Å²) in [6.45, 7) is 4.92. The van der Waals surface area contributed by atoms with Crippen LogP contribution in [0.1, 0.15) is 123 Å². The molecular weight excluding hydrogens is 307 g/mol. The molecule has 140 valence electrons. The van der Waals surface area contributed by atoms with Gasteiger partial charge in [-0.1, -0.05) is 86.0 Å². The van der Waals surface area contributed by atoms with Gasteiger partial charge in [0, 0.05) is 0 Å². The van der Waals surface area contributed by atoms with E-state index in [-0.39, 0.29) is 7.92 Å². The van der Waals surface area contributed by atoms with Gasteiger partial charge in [0.05, 0.1) is 0 Å². The van der Waals surface area contributed by atoms with Crippen LogP contribution in [0.2, 0.25) is 0 Å². The van der Waals surface area contributed by atoms with Crippen LogP contribution in [-0.4, -0.2) is 16.5 Å². The Morgan fingerprint density at radius 3 is 1.62 bits per heavy atom. The van der Waals surface area contributed by atoms with Crippen molar-refractivity contribution in [2.24, 2.45) is 5.92 Å². The van der Waals surface area contributed by atoms with Crippen molar-refractivity contribution in [2.75, 3.05) is 0 Å². The van der Waals surface area contributed by atoms with Crippen molar-refractivity contribution < 1.29 is 0 Å². The second-order valence-corrected chi connectivity index (χ2v) is 12.9. The van der Waals surface area contributed by atoms with Gasteiger partial charge >= 0.3 is 0 Å². The highest BCUT2D eigenvalue weighted by atomic mass is 31.1. The maximum absolute atomic E-state index is 2.46. The second kappa shape index (κ2) is 9.39. The van der Waals surface area contributed by atoms with E-state index in [2.05, 4.69) is 13.8 Å². The molecule has 0 aromatic heterocycles. The van der Waals surface area contributed by atoms with Crippen LogP contribution < -0.4 is 0 Å². The first-order valence-electron chi connectivity index (χ1n) is 11.5. The molecule has 0 bridgehead atoms. The minimum atomic E-state index is 0.270. The summed E-state index contributed by atoms with van der Waals surface area (Å²) in [5, 5.41) is 0.807. The van der Waals surface area contributed by atoms with E-state index in [0.717, 1.165) is 22.4 Å². The van der Waals surface area contributed by atoms with E-state index in [1.54, 1.807) is 83.5 Å². The summed E-state index contributed by atoms with van der Waals surface area (Å²) in [6, 6.07) is 0. The normalized spacial score (nSPS) is 27.0. The maximum Gasteiger partial charge on any atom is -0.00893 e. The van der Waals surface area contributed by atoms with Gasteiger partial charge in [0.25, 0.3) is 0 Å². The monoisotopic (exact) mass is 350 g/mol. The molecule has 24 heavy (non-hydrogen) atoms. The Morgan fingerprint density at radius 2 is 1.17 bits per heavy atom. The molecule has 0 aromatic rings. The van der Waals surface area contributed by atoms with Crippen molar-refractivity contribution >= 4 is 7.92 Å². The van der Waals surface area contributed by atoms with Gasteiger partial charge in [0.2, 0.25) is 0 Å². The molecule has 0 aliphatic heterocycles. The molecule has 0 saturated heterocycles. The van der Waals surface area contributed by atoms with Crippen molar-refractivity contribution in [1.29, 1.82) is 0 Å². The first-order valence-corrected chi connectivity index (χ1v) is 13.0. The third-order valence-corrected chi connectivity index (χ3v) is 11.8. The van der Waals surface area contributed by atoms with Gasteiger partial charge < -0.3 is 0 Å². The Kier molecular flexibility index (Phi) is 7.51. The molecule has 0 spiro atoms. The molecule has 0 amide bonds. The van der Waals surface area contributed by atoms with Crippen molar-refractivity contribution in [1.82, 2.24) is 0 Å². The molecule has 3 aliphatic rings. The Morgan fingerprint density at radius 1 is 0.708 bits per heavy atom. The average molecular weight is 351 g/mol. The lowest BCUT2D eigenvalue weighted by Crippen LogP contribution is -2.38. The molecular formula is C23H43P. The molecule has 3 aliphatic carbocycles. The highest BCUT2D eigenvalue weighted by molar-refractivity contribution is 7.60. The Hall–Kier alpha value is 0.430. The van der Waals surface area contributed by atoms with Crippen LogP contribution in [0.5, 0.6) is 0 Å². The van der Waals surface area contributed by atoms with Crippen LogP contribution in [0.3, 0.4) is 0 Å². The van der Waals surface area contributed by atoms with Crippen molar-refractivity contribution in [3.8, 4) is 0 Å². The van der Waals surface area contributed by atoms with Gasteiger partial charge in [-0.3, -0.25) is 0 Å². The van der Waals surface area contributed by atoms with Crippen LogP contribution in [0, 0.1) is 5.92 Å². The zero-order chi connectivity index (χ0) is 16.8. The van der Waals surface area contributed by atoms with Gasteiger partial charge in [-0.2, -0.15) is 0 Å². The highest BCUT2D eigenvalue weighted by Gasteiger charge is 2.46. The quantitative estimate of drug-likeness (QED) is 0.423. The Labute approximate surface area is 153 Å². The molecule has 0 atom stereocenters. The predicted octanol–water partition coefficient (Wildman–Crippen LogP) is 8.27. The molecule has 0 nitrogen and oxygen atoms in total. The second-order valence-electron chi connectivity index (χ2n) is 9.71. The summed E-state index contributed by atoms with van der Waals surface area (Å²) in [6.07, 6.45) is 26.6. The SMILES string of the molecule is CC(C)CCC1(P(C2CCCCC2)C2CCCCC2)CCCCC1. The fourth-order valence-corrected chi connectivity index (χ4v) is 11.4. The topological polar surface area (TPSA) is 0 Å². The highest BCUT2D eigenvalue weighted by Crippen LogP contribution is 2.69. The number of hydrogen-bond acceptors (Lipinski definition) is 0. The summed E-state index contributed by atoms with van der Waals surface area (Å²) in [7, 11) is 0.270. The van der Waals surface area contributed by atoms with E-state index in [0.29, 0.717) is 0 Å². The molecule has 3 rings (SSSR count). The van der Waals surface area contributed by atoms with Gasteiger partial charge in [0.15, 0.2) is 0 Å². The summed E-state index contributed by atoms with van der Waals surface area (Å²) in [4.78, 5) is 0. The van der Waals surface area contributed by atoms with E-state index in [9.17, 15) is 0 Å². The zero-order valence-corrected chi connectivity index (χ0v) is 17.6. The van der Waals surface area contributed by atoms with Gasteiger partial charge in [-0.25, -0.2) is 0 Å². The smallest absolute Gasteiger partial charge is 0.00893 e. The lowest BCUT2D eigenvalue weighted by Gasteiger charge is -2.53. The summed E-state index contributed by atoms with van der Waals surface area (Å²) in [5.74, 6) is 0.901. The third-order valence-electron chi connectivity index (χ3n) is 7.46. The van der Waals surface area contributed by atoms with Crippen LogP contribution in [0.25, 0.3) is 0 Å². The van der Waals surface area contributed by atoms with Crippen LogP contribution in [-0.2, 0) is 0 Å². The van der Waals surface area contributed by atoms with Crippen LogP contribution in [0.15, 0.2) is 0 Å². The molecule has 3 fully saturated rings. The largest absolute Gasteiger partial charge is 0.0940 e. The average Bonchev–Trinajstić information content (AvgIpc) is 2.63. The van der Waals surface area contributed by atoms with E-state index < -0.39 is 0 Å². The Bertz CT molecular complexity index is 325. The molecule has 0 radical (unpaired) electrons. The van der Waals surface area contributed by atoms with Gasteiger partial charge in [-0.05, 0) is 67.3 Å². The minimum absolute atomic E-state index is 0.270. The van der Waals surface area contributed by atoms with E-state index in [4.69, 9.17) is 0 Å². The van der Waals surface area contributed by atoms with E-state index in [1.807, 2.05) is 0 Å². The maximum atomic E-state index is 2.46. The first kappa shape index (κ1) is 19.2. The Balaban J connectivity index is 1.83. The molecule has 1 heteroatoms. The van der Waals surface area contributed by atoms with Crippen LogP contribution >= 0.6 is 7.92 Å². The van der Waals surface area contributed by atoms with Crippen LogP contribution in [0.4, 0.5) is 0 Å². The summed E-state index contributed by atoms with van der Waals surface area (Å²) in [5.41, 5.74) is 2.31. The summed E-state index contributed by atoms with van der Waals surface area (Å²) < 4.78 is 0. The molecule has 0 aromatic carbocycles.